The Hall–Kier alpha value is -5.67. The molecule has 0 N–H and O–H groups in total. The minimum atomic E-state index is -0.468. The summed E-state index contributed by atoms with van der Waals surface area (Å²) >= 11 is 0. The molecule has 1 aliphatic rings. The second-order valence-electron chi connectivity index (χ2n) is 11.2. The van der Waals surface area contributed by atoms with Gasteiger partial charge in [0.1, 0.15) is 12.0 Å². The summed E-state index contributed by atoms with van der Waals surface area (Å²) in [4.78, 5) is 5.05. The smallest absolute Gasteiger partial charge is 0.306 e. The summed E-state index contributed by atoms with van der Waals surface area (Å²) in [6, 6.07) is 52.5. The molecule has 0 bridgehead atoms. The average molecular weight is 551 g/mol. The molecule has 0 fully saturated rings. The normalized spacial score (nSPS) is 13.3. The summed E-state index contributed by atoms with van der Waals surface area (Å²) in [5.41, 5.74) is 11.3. The first-order valence-corrected chi connectivity index (χ1v) is 14.6. The zero-order valence-corrected chi connectivity index (χ0v) is 23.3. The molecular weight excluding hydrogens is 524 g/mol. The Kier molecular flexibility index (Phi) is 5.11. The summed E-state index contributed by atoms with van der Waals surface area (Å²) in [7, 11) is 0. The van der Waals surface area contributed by atoms with Gasteiger partial charge in [-0.3, -0.25) is 4.40 Å². The Bertz CT molecular complexity index is 2250. The van der Waals surface area contributed by atoms with Crippen LogP contribution < -0.4 is 0 Å². The number of nitrogens with zero attached hydrogens (tertiary/aromatic N) is 2. The van der Waals surface area contributed by atoms with Crippen molar-refractivity contribution < 1.29 is 4.42 Å². The van der Waals surface area contributed by atoms with Crippen molar-refractivity contribution in [2.75, 3.05) is 0 Å². The molecule has 0 radical (unpaired) electrons. The van der Waals surface area contributed by atoms with Crippen LogP contribution in [-0.4, -0.2) is 9.38 Å². The van der Waals surface area contributed by atoms with Gasteiger partial charge in [-0.15, -0.1) is 0 Å². The number of hydrogen-bond acceptors (Lipinski definition) is 2. The van der Waals surface area contributed by atoms with Gasteiger partial charge in [0.05, 0.1) is 11.1 Å². The van der Waals surface area contributed by atoms with Crippen LogP contribution >= 0.6 is 0 Å². The van der Waals surface area contributed by atoms with E-state index in [4.69, 9.17) is 9.40 Å². The molecule has 0 saturated carbocycles. The van der Waals surface area contributed by atoms with Crippen LogP contribution in [0.5, 0.6) is 0 Å². The van der Waals surface area contributed by atoms with Gasteiger partial charge in [0.15, 0.2) is 0 Å². The number of rotatable bonds is 4. The van der Waals surface area contributed by atoms with Crippen molar-refractivity contribution in [3.63, 3.8) is 0 Å². The van der Waals surface area contributed by atoms with Crippen molar-refractivity contribution in [3.8, 4) is 33.6 Å². The van der Waals surface area contributed by atoms with E-state index in [0.29, 0.717) is 5.84 Å². The zero-order chi connectivity index (χ0) is 28.4. The molecule has 1 aliphatic carbocycles. The van der Waals surface area contributed by atoms with E-state index in [-0.39, 0.29) is 0 Å². The van der Waals surface area contributed by atoms with Crippen molar-refractivity contribution in [3.05, 3.63) is 180 Å². The standard InChI is InChI=1S/C40H26N2O/c1-3-14-29(15-4-1)40(30-16-5-2-6-17-30)35-21-10-9-19-32(35)33-23-22-28(26-36(33)40)38-37(41-39-42(38)24-25-43-39)34-20-11-13-27-12-7-8-18-31(27)34/h1-26H. The van der Waals surface area contributed by atoms with Crippen molar-refractivity contribution in [2.45, 2.75) is 5.41 Å². The first-order chi connectivity index (χ1) is 21.3. The molecule has 6 aromatic carbocycles. The highest BCUT2D eigenvalue weighted by molar-refractivity contribution is 6.00. The van der Waals surface area contributed by atoms with Gasteiger partial charge in [-0.25, -0.2) is 0 Å². The lowest BCUT2D eigenvalue weighted by molar-refractivity contribution is 0.596. The van der Waals surface area contributed by atoms with Gasteiger partial charge in [-0.1, -0.05) is 140 Å². The van der Waals surface area contributed by atoms with Crippen LogP contribution in [0.2, 0.25) is 0 Å². The maximum absolute atomic E-state index is 5.87. The van der Waals surface area contributed by atoms with Crippen LogP contribution in [0.15, 0.2) is 162 Å². The molecule has 0 atom stereocenters. The van der Waals surface area contributed by atoms with Crippen LogP contribution in [0.25, 0.3) is 50.3 Å². The van der Waals surface area contributed by atoms with Crippen LogP contribution in [0.3, 0.4) is 0 Å². The van der Waals surface area contributed by atoms with Gasteiger partial charge >= 0.3 is 5.84 Å². The number of hydrogen-bond donors (Lipinski definition) is 0. The second kappa shape index (κ2) is 9.17. The lowest BCUT2D eigenvalue weighted by atomic mass is 9.67. The number of imidazole rings is 1. The molecule has 3 nitrogen and oxygen atoms in total. The first-order valence-electron chi connectivity index (χ1n) is 14.6. The highest BCUT2D eigenvalue weighted by Crippen LogP contribution is 2.57. The fraction of sp³-hybridized carbons (Fsp3) is 0.0250. The highest BCUT2D eigenvalue weighted by atomic mass is 16.3. The third kappa shape index (κ3) is 3.33. The van der Waals surface area contributed by atoms with Crippen molar-refractivity contribution >= 4 is 16.6 Å². The molecule has 2 heterocycles. The van der Waals surface area contributed by atoms with Gasteiger partial charge < -0.3 is 4.42 Å². The number of benzene rings is 6. The SMILES string of the molecule is c1ccc(C2(c3ccccc3)c3ccccc3-c3ccc(-c4c(-c5cccc6ccccc56)nc5occn45)cc32)cc1. The maximum Gasteiger partial charge on any atom is 0.306 e. The fourth-order valence-electron chi connectivity index (χ4n) is 7.27. The van der Waals surface area contributed by atoms with E-state index >= 15 is 0 Å². The van der Waals surface area contributed by atoms with E-state index in [1.807, 2.05) is 6.20 Å². The summed E-state index contributed by atoms with van der Waals surface area (Å²) in [5, 5.41) is 2.36. The summed E-state index contributed by atoms with van der Waals surface area (Å²) in [6.07, 6.45) is 3.68. The molecular formula is C40H26N2O. The lowest BCUT2D eigenvalue weighted by Crippen LogP contribution is -2.28. The molecule has 8 aromatic rings. The quantitative estimate of drug-likeness (QED) is 0.218. The van der Waals surface area contributed by atoms with Crippen LogP contribution in [-0.2, 0) is 5.41 Å². The largest absolute Gasteiger partial charge is 0.432 e. The van der Waals surface area contributed by atoms with Crippen molar-refractivity contribution in [1.82, 2.24) is 9.38 Å². The average Bonchev–Trinajstić information content (AvgIpc) is 3.76. The summed E-state index contributed by atoms with van der Waals surface area (Å²) in [5.74, 6) is 0.583. The molecule has 2 aromatic heterocycles. The molecule has 3 heteroatoms. The fourth-order valence-corrected chi connectivity index (χ4v) is 7.27. The van der Waals surface area contributed by atoms with Gasteiger partial charge in [-0.2, -0.15) is 4.98 Å². The molecule has 43 heavy (non-hydrogen) atoms. The summed E-state index contributed by atoms with van der Waals surface area (Å²) < 4.78 is 7.95. The maximum atomic E-state index is 5.87. The third-order valence-corrected chi connectivity index (χ3v) is 9.04. The zero-order valence-electron chi connectivity index (χ0n) is 23.3. The Labute approximate surface area is 249 Å². The van der Waals surface area contributed by atoms with Gasteiger partial charge in [0, 0.05) is 17.3 Å². The highest BCUT2D eigenvalue weighted by Gasteiger charge is 2.46. The Balaban J connectivity index is 1.37. The van der Waals surface area contributed by atoms with Crippen LogP contribution in [0.1, 0.15) is 22.3 Å². The first kappa shape index (κ1) is 24.0. The van der Waals surface area contributed by atoms with Crippen molar-refractivity contribution in [1.29, 1.82) is 0 Å². The van der Waals surface area contributed by atoms with E-state index in [1.165, 1.54) is 44.2 Å². The van der Waals surface area contributed by atoms with Gasteiger partial charge in [-0.05, 0) is 50.2 Å². The molecule has 0 spiro atoms. The van der Waals surface area contributed by atoms with Gasteiger partial charge in [0.2, 0.25) is 0 Å². The third-order valence-electron chi connectivity index (χ3n) is 9.04. The molecule has 9 rings (SSSR count). The predicted octanol–water partition coefficient (Wildman–Crippen LogP) is 9.78. The lowest BCUT2D eigenvalue weighted by Gasteiger charge is -2.34. The monoisotopic (exact) mass is 550 g/mol. The predicted molar refractivity (Wildman–Crippen MR) is 173 cm³/mol. The number of fused-ring (bicyclic) bond motifs is 5. The topological polar surface area (TPSA) is 30.4 Å². The summed E-state index contributed by atoms with van der Waals surface area (Å²) in [6.45, 7) is 0. The molecule has 0 aliphatic heterocycles. The minimum Gasteiger partial charge on any atom is -0.432 e. The molecule has 202 valence electrons. The van der Waals surface area contributed by atoms with Gasteiger partial charge in [0.25, 0.3) is 0 Å². The number of aromatic nitrogens is 2. The van der Waals surface area contributed by atoms with E-state index in [9.17, 15) is 0 Å². The van der Waals surface area contributed by atoms with E-state index in [2.05, 4.69) is 150 Å². The molecule has 0 amide bonds. The Morgan fingerprint density at radius 2 is 1.21 bits per heavy atom. The molecule has 0 unspecified atom stereocenters. The molecule has 0 saturated heterocycles. The van der Waals surface area contributed by atoms with Crippen LogP contribution in [0.4, 0.5) is 0 Å². The van der Waals surface area contributed by atoms with Crippen molar-refractivity contribution in [2.24, 2.45) is 0 Å². The number of oxazole rings is 1. The Morgan fingerprint density at radius 3 is 2.02 bits per heavy atom. The van der Waals surface area contributed by atoms with Crippen LogP contribution in [0, 0.1) is 0 Å². The second-order valence-corrected chi connectivity index (χ2v) is 11.2. The Morgan fingerprint density at radius 1 is 0.558 bits per heavy atom. The van der Waals surface area contributed by atoms with E-state index in [0.717, 1.165) is 22.5 Å². The van der Waals surface area contributed by atoms with E-state index < -0.39 is 5.41 Å². The van der Waals surface area contributed by atoms with E-state index in [1.54, 1.807) is 6.26 Å². The minimum absolute atomic E-state index is 0.468.